The van der Waals surface area contributed by atoms with Crippen LogP contribution < -0.4 is 15.8 Å². The second-order valence-corrected chi connectivity index (χ2v) is 6.31. The van der Waals surface area contributed by atoms with E-state index in [1.165, 1.54) is 11.3 Å². The minimum atomic E-state index is -0.510. The lowest BCUT2D eigenvalue weighted by Gasteiger charge is -2.19. The summed E-state index contributed by atoms with van der Waals surface area (Å²) in [6.45, 7) is 6.06. The van der Waals surface area contributed by atoms with Gasteiger partial charge in [0.25, 0.3) is 0 Å². The first-order valence-corrected chi connectivity index (χ1v) is 7.28. The smallest absolute Gasteiger partial charge is 0.407 e. The molecule has 0 bridgehead atoms. The Morgan fingerprint density at radius 3 is 2.86 bits per heavy atom. The number of nitrogen functional groups attached to an aromatic ring is 1. The van der Waals surface area contributed by atoms with Crippen molar-refractivity contribution in [2.75, 3.05) is 18.9 Å². The molecule has 1 amide bonds. The van der Waals surface area contributed by atoms with Crippen LogP contribution in [0, 0.1) is 0 Å². The van der Waals surface area contributed by atoms with Gasteiger partial charge in [-0.2, -0.15) is 0 Å². The Balaban J connectivity index is 1.78. The number of anilines is 1. The van der Waals surface area contributed by atoms with Crippen molar-refractivity contribution < 1.29 is 14.3 Å². The normalized spacial score (nSPS) is 11.4. The monoisotopic (exact) mass is 310 g/mol. The van der Waals surface area contributed by atoms with Gasteiger partial charge < -0.3 is 20.5 Å². The standard InChI is InChI=1S/C13H18N4O3S/c1-13(2,3)20-12(18)15-6-7-19-9-5-4-8-10(17-9)21-11(14)16-8/h4-5H,6-7H2,1-3H3,(H2,14,16)(H,15,18). The molecule has 2 heterocycles. The lowest BCUT2D eigenvalue weighted by atomic mass is 10.2. The minimum Gasteiger partial charge on any atom is -0.476 e. The van der Waals surface area contributed by atoms with Crippen molar-refractivity contribution in [3.8, 4) is 5.88 Å². The minimum absolute atomic E-state index is 0.298. The maximum atomic E-state index is 11.4. The highest BCUT2D eigenvalue weighted by Gasteiger charge is 2.15. The van der Waals surface area contributed by atoms with Crippen molar-refractivity contribution in [1.29, 1.82) is 0 Å². The lowest BCUT2D eigenvalue weighted by molar-refractivity contribution is 0.0520. The molecule has 7 nitrogen and oxygen atoms in total. The molecule has 114 valence electrons. The fourth-order valence-corrected chi connectivity index (χ4v) is 2.22. The van der Waals surface area contributed by atoms with E-state index in [9.17, 15) is 4.79 Å². The molecular weight excluding hydrogens is 292 g/mol. The Hall–Kier alpha value is -2.09. The second-order valence-electron chi connectivity index (χ2n) is 5.30. The average molecular weight is 310 g/mol. The van der Waals surface area contributed by atoms with Crippen LogP contribution in [0.2, 0.25) is 0 Å². The van der Waals surface area contributed by atoms with Crippen molar-refractivity contribution >= 4 is 32.9 Å². The summed E-state index contributed by atoms with van der Waals surface area (Å²) in [5, 5.41) is 3.08. The zero-order chi connectivity index (χ0) is 15.5. The molecule has 8 heteroatoms. The van der Waals surface area contributed by atoms with Gasteiger partial charge in [-0.05, 0) is 26.8 Å². The van der Waals surface area contributed by atoms with Crippen molar-refractivity contribution in [2.45, 2.75) is 26.4 Å². The fraction of sp³-hybridized carbons (Fsp3) is 0.462. The van der Waals surface area contributed by atoms with Crippen molar-refractivity contribution in [1.82, 2.24) is 15.3 Å². The van der Waals surface area contributed by atoms with Crippen LogP contribution in [0.25, 0.3) is 10.3 Å². The lowest BCUT2D eigenvalue weighted by Crippen LogP contribution is -2.34. The number of ether oxygens (including phenoxy) is 2. The van der Waals surface area contributed by atoms with Crippen LogP contribution in [-0.4, -0.2) is 34.8 Å². The number of aromatic nitrogens is 2. The maximum absolute atomic E-state index is 11.4. The number of hydrogen-bond acceptors (Lipinski definition) is 7. The van der Waals surface area contributed by atoms with E-state index in [0.29, 0.717) is 24.2 Å². The highest BCUT2D eigenvalue weighted by atomic mass is 32.1. The number of carbonyl (C=O) groups is 1. The van der Waals surface area contributed by atoms with Crippen LogP contribution in [-0.2, 0) is 4.74 Å². The van der Waals surface area contributed by atoms with E-state index in [4.69, 9.17) is 15.2 Å². The third-order valence-electron chi connectivity index (χ3n) is 2.27. The molecule has 3 N–H and O–H groups in total. The first-order valence-electron chi connectivity index (χ1n) is 6.46. The summed E-state index contributed by atoms with van der Waals surface area (Å²) in [5.41, 5.74) is 5.85. The Bertz CT molecular complexity index is 636. The molecule has 0 spiro atoms. The molecule has 2 aromatic heterocycles. The summed E-state index contributed by atoms with van der Waals surface area (Å²) < 4.78 is 10.6. The van der Waals surface area contributed by atoms with Gasteiger partial charge in [0, 0.05) is 6.07 Å². The number of hydrogen-bond donors (Lipinski definition) is 2. The summed E-state index contributed by atoms with van der Waals surface area (Å²) in [7, 11) is 0. The Morgan fingerprint density at radius 1 is 1.38 bits per heavy atom. The van der Waals surface area contributed by atoms with E-state index in [-0.39, 0.29) is 0 Å². The molecular formula is C13H18N4O3S. The SMILES string of the molecule is CC(C)(C)OC(=O)NCCOc1ccc2nc(N)sc2n1. The zero-order valence-corrected chi connectivity index (χ0v) is 13.0. The van der Waals surface area contributed by atoms with Gasteiger partial charge in [0.15, 0.2) is 5.13 Å². The average Bonchev–Trinajstić information content (AvgIpc) is 2.71. The van der Waals surface area contributed by atoms with E-state index in [0.717, 1.165) is 10.3 Å². The van der Waals surface area contributed by atoms with Crippen LogP contribution in [0.1, 0.15) is 20.8 Å². The van der Waals surface area contributed by atoms with E-state index < -0.39 is 11.7 Å². The summed E-state index contributed by atoms with van der Waals surface area (Å²) in [6, 6.07) is 3.51. The number of fused-ring (bicyclic) bond motifs is 1. The van der Waals surface area contributed by atoms with Gasteiger partial charge in [0.1, 0.15) is 22.6 Å². The zero-order valence-electron chi connectivity index (χ0n) is 12.2. The van der Waals surface area contributed by atoms with E-state index >= 15 is 0 Å². The number of nitrogens with two attached hydrogens (primary N) is 1. The van der Waals surface area contributed by atoms with Gasteiger partial charge >= 0.3 is 6.09 Å². The van der Waals surface area contributed by atoms with Crippen molar-refractivity contribution in [2.24, 2.45) is 0 Å². The van der Waals surface area contributed by atoms with Gasteiger partial charge in [0.2, 0.25) is 5.88 Å². The molecule has 0 saturated carbocycles. The van der Waals surface area contributed by atoms with Crippen molar-refractivity contribution in [3.63, 3.8) is 0 Å². The number of carbonyl (C=O) groups excluding carboxylic acids is 1. The van der Waals surface area contributed by atoms with Crippen LogP contribution in [0.5, 0.6) is 5.88 Å². The molecule has 0 aliphatic rings. The third-order valence-corrected chi connectivity index (χ3v) is 3.06. The highest BCUT2D eigenvalue weighted by Crippen LogP contribution is 2.23. The van der Waals surface area contributed by atoms with Gasteiger partial charge in [-0.1, -0.05) is 11.3 Å². The van der Waals surface area contributed by atoms with Crippen LogP contribution in [0.15, 0.2) is 12.1 Å². The molecule has 0 atom stereocenters. The highest BCUT2D eigenvalue weighted by molar-refractivity contribution is 7.21. The molecule has 0 radical (unpaired) electrons. The fourth-order valence-electron chi connectivity index (χ4n) is 1.52. The predicted molar refractivity (Wildman–Crippen MR) is 81.6 cm³/mol. The molecule has 21 heavy (non-hydrogen) atoms. The van der Waals surface area contributed by atoms with Crippen molar-refractivity contribution in [3.05, 3.63) is 12.1 Å². The number of thiazole rings is 1. The topological polar surface area (TPSA) is 99.4 Å². The number of rotatable bonds is 4. The van der Waals surface area contributed by atoms with Crippen LogP contribution >= 0.6 is 11.3 Å². The summed E-state index contributed by atoms with van der Waals surface area (Å²) in [6.07, 6.45) is -0.468. The summed E-state index contributed by atoms with van der Waals surface area (Å²) >= 11 is 1.30. The number of nitrogens with zero attached hydrogens (tertiary/aromatic N) is 2. The predicted octanol–water partition coefficient (Wildman–Crippen LogP) is 2.18. The largest absolute Gasteiger partial charge is 0.476 e. The first-order chi connectivity index (χ1) is 9.83. The molecule has 0 aliphatic heterocycles. The Morgan fingerprint density at radius 2 is 2.14 bits per heavy atom. The third kappa shape index (κ3) is 4.75. The number of alkyl carbamates (subject to hydrolysis) is 1. The molecule has 2 rings (SSSR count). The van der Waals surface area contributed by atoms with Gasteiger partial charge in [0.05, 0.1) is 6.54 Å². The number of pyridine rings is 1. The van der Waals surface area contributed by atoms with E-state index in [1.807, 2.05) is 20.8 Å². The molecule has 2 aromatic rings. The first kappa shape index (κ1) is 15.3. The second kappa shape index (κ2) is 6.13. The quantitative estimate of drug-likeness (QED) is 0.840. The van der Waals surface area contributed by atoms with E-state index in [1.54, 1.807) is 12.1 Å². The summed E-state index contributed by atoms with van der Waals surface area (Å²) in [4.78, 5) is 20.5. The Labute approximate surface area is 126 Å². The van der Waals surface area contributed by atoms with Gasteiger partial charge in [-0.15, -0.1) is 0 Å². The molecule has 0 aromatic carbocycles. The van der Waals surface area contributed by atoms with Crippen LogP contribution in [0.4, 0.5) is 9.93 Å². The Kier molecular flexibility index (Phi) is 4.46. The molecule has 0 aliphatic carbocycles. The van der Waals surface area contributed by atoms with Gasteiger partial charge in [-0.3, -0.25) is 0 Å². The maximum Gasteiger partial charge on any atom is 0.407 e. The van der Waals surface area contributed by atoms with Gasteiger partial charge in [-0.25, -0.2) is 14.8 Å². The molecule has 0 unspecified atom stereocenters. The number of amides is 1. The molecule has 0 fully saturated rings. The molecule has 0 saturated heterocycles. The van der Waals surface area contributed by atoms with Crippen LogP contribution in [0.3, 0.4) is 0 Å². The summed E-state index contributed by atoms with van der Waals surface area (Å²) in [5.74, 6) is 0.470. The number of nitrogens with one attached hydrogen (secondary N) is 1. The van der Waals surface area contributed by atoms with E-state index in [2.05, 4.69) is 15.3 Å².